The van der Waals surface area contributed by atoms with Crippen molar-refractivity contribution in [2.75, 3.05) is 19.4 Å². The number of aryl methyl sites for hydroxylation is 1. The number of hydrogen-bond acceptors (Lipinski definition) is 5. The number of nitrogens with one attached hydrogen (secondary N) is 1. The summed E-state index contributed by atoms with van der Waals surface area (Å²) in [6, 6.07) is 2.80. The van der Waals surface area contributed by atoms with E-state index in [4.69, 9.17) is 4.98 Å². The Labute approximate surface area is 160 Å². The van der Waals surface area contributed by atoms with Gasteiger partial charge in [-0.2, -0.15) is 0 Å². The summed E-state index contributed by atoms with van der Waals surface area (Å²) in [6.07, 6.45) is 4.15. The molecule has 1 aromatic heterocycles. The predicted molar refractivity (Wildman–Crippen MR) is 101 cm³/mol. The molecule has 1 saturated carbocycles. The van der Waals surface area contributed by atoms with Crippen molar-refractivity contribution in [1.82, 2.24) is 15.0 Å². The molecule has 142 valence electrons. The van der Waals surface area contributed by atoms with E-state index in [2.05, 4.69) is 5.32 Å². The molecule has 0 bridgehead atoms. The maximum atomic E-state index is 13.8. The molecule has 1 aromatic carbocycles. The molecule has 1 amide bonds. The van der Waals surface area contributed by atoms with Crippen molar-refractivity contribution in [3.63, 3.8) is 0 Å². The molecule has 1 atom stereocenters. The van der Waals surface area contributed by atoms with Crippen molar-refractivity contribution in [2.45, 2.75) is 31.7 Å². The third-order valence-electron chi connectivity index (χ3n) is 5.00. The first-order valence-corrected chi connectivity index (χ1v) is 9.59. The summed E-state index contributed by atoms with van der Waals surface area (Å²) in [6.45, 7) is 2.02. The van der Waals surface area contributed by atoms with Gasteiger partial charge in [0.2, 0.25) is 5.91 Å². The normalized spacial score (nSPS) is 20.1. The van der Waals surface area contributed by atoms with E-state index >= 15 is 0 Å². The lowest BCUT2D eigenvalue weighted by Gasteiger charge is -2.28. The number of hydrogen-bond donors (Lipinski definition) is 1. The van der Waals surface area contributed by atoms with Gasteiger partial charge in [-0.1, -0.05) is 6.07 Å². The fourth-order valence-electron chi connectivity index (χ4n) is 3.17. The molecule has 1 aliphatic carbocycles. The zero-order chi connectivity index (χ0) is 19.3. The Bertz CT molecular complexity index is 918. The van der Waals surface area contributed by atoms with Gasteiger partial charge in [-0.25, -0.2) is 18.8 Å². The van der Waals surface area contributed by atoms with Gasteiger partial charge in [0.15, 0.2) is 0 Å². The van der Waals surface area contributed by atoms with Crippen LogP contribution in [0.2, 0.25) is 0 Å². The molecule has 2 aromatic rings. The lowest BCUT2D eigenvalue weighted by Crippen LogP contribution is -2.43. The van der Waals surface area contributed by atoms with Gasteiger partial charge < -0.3 is 10.3 Å². The van der Waals surface area contributed by atoms with Crippen molar-refractivity contribution in [3.8, 4) is 0 Å². The molecule has 2 aliphatic rings. The minimum Gasteiger partial charge on any atom is -0.319 e. The Hall–Kier alpha value is -2.32. The average molecular weight is 390 g/mol. The molecule has 0 radical (unpaired) electrons. The first-order valence-electron chi connectivity index (χ1n) is 8.77. The van der Waals surface area contributed by atoms with Crippen LogP contribution < -0.4 is 5.32 Å². The number of para-hydroxylation sites is 1. The first-order chi connectivity index (χ1) is 12.9. The Kier molecular flexibility index (Phi) is 4.47. The Morgan fingerprint density at radius 1 is 1.26 bits per heavy atom. The molecular formula is C19H20F2N4OS. The fourth-order valence-corrected chi connectivity index (χ4v) is 4.27. The molecule has 27 heavy (non-hydrogen) atoms. The second-order valence-electron chi connectivity index (χ2n) is 6.91. The van der Waals surface area contributed by atoms with Gasteiger partial charge >= 0.3 is 0 Å². The minimum atomic E-state index is -0.800. The van der Waals surface area contributed by atoms with Crippen LogP contribution in [0.25, 0.3) is 5.70 Å². The number of rotatable bonds is 4. The summed E-state index contributed by atoms with van der Waals surface area (Å²) in [4.78, 5) is 18.6. The highest BCUT2D eigenvalue weighted by Crippen LogP contribution is 2.44. The molecule has 1 aliphatic heterocycles. The summed E-state index contributed by atoms with van der Waals surface area (Å²) < 4.78 is 27.7. The van der Waals surface area contributed by atoms with Crippen LogP contribution in [0.1, 0.15) is 34.3 Å². The third kappa shape index (κ3) is 3.23. The molecule has 8 heteroatoms. The fraction of sp³-hybridized carbons (Fsp3) is 0.368. The third-order valence-corrected chi connectivity index (χ3v) is 6.14. The molecule has 1 fully saturated rings. The first kappa shape index (κ1) is 18.1. The Morgan fingerprint density at radius 3 is 2.56 bits per heavy atom. The number of nitrogens with zero attached hydrogens (tertiary/aromatic N) is 3. The van der Waals surface area contributed by atoms with Crippen LogP contribution in [0, 0.1) is 18.6 Å². The van der Waals surface area contributed by atoms with Gasteiger partial charge in [0.25, 0.3) is 0 Å². The molecule has 4 rings (SSSR count). The molecule has 0 saturated heterocycles. The summed E-state index contributed by atoms with van der Waals surface area (Å²) >= 11 is 1.69. The van der Waals surface area contributed by atoms with Gasteiger partial charge in [0, 0.05) is 24.9 Å². The number of carbonyl (C=O) groups excluding carboxylic acids is 1. The van der Waals surface area contributed by atoms with E-state index in [1.54, 1.807) is 29.5 Å². The summed E-state index contributed by atoms with van der Waals surface area (Å²) in [5.74, 6) is -1.54. The highest BCUT2D eigenvalue weighted by molar-refractivity contribution is 7.11. The van der Waals surface area contributed by atoms with Crippen LogP contribution in [0.3, 0.4) is 0 Å². The molecule has 5 nitrogen and oxygen atoms in total. The second kappa shape index (κ2) is 6.69. The van der Waals surface area contributed by atoms with Gasteiger partial charge in [-0.15, -0.1) is 11.3 Å². The number of aromatic nitrogens is 1. The number of amides is 1. The molecule has 2 heterocycles. The zero-order valence-corrected chi connectivity index (χ0v) is 16.1. The number of anilines is 1. The van der Waals surface area contributed by atoms with Crippen molar-refractivity contribution in [1.29, 1.82) is 0 Å². The van der Waals surface area contributed by atoms with E-state index in [0.29, 0.717) is 5.92 Å². The van der Waals surface area contributed by atoms with Crippen LogP contribution >= 0.6 is 11.3 Å². The SMILES string of the molecule is Cc1sc(C2CC2)nc1C1=C[C@H](C(=O)Nc2c(F)cccc2F)N(C)N1C. The number of thiazole rings is 1. The molecule has 1 N–H and O–H groups in total. The Morgan fingerprint density at radius 2 is 1.93 bits per heavy atom. The highest BCUT2D eigenvalue weighted by atomic mass is 32.1. The smallest absolute Gasteiger partial charge is 0.247 e. The summed E-state index contributed by atoms with van der Waals surface area (Å²) in [5, 5.41) is 7.08. The van der Waals surface area contributed by atoms with Crippen LogP contribution in [-0.2, 0) is 4.79 Å². The maximum Gasteiger partial charge on any atom is 0.247 e. The predicted octanol–water partition coefficient (Wildman–Crippen LogP) is 3.75. The topological polar surface area (TPSA) is 48.5 Å². The van der Waals surface area contributed by atoms with Crippen LogP contribution in [-0.4, -0.2) is 41.0 Å². The van der Waals surface area contributed by atoms with Crippen molar-refractivity contribution in [2.24, 2.45) is 0 Å². The average Bonchev–Trinajstić information content (AvgIpc) is 3.35. The van der Waals surface area contributed by atoms with Crippen molar-refractivity contribution in [3.05, 3.63) is 51.5 Å². The van der Waals surface area contributed by atoms with Gasteiger partial charge in [0.1, 0.15) is 29.1 Å². The van der Waals surface area contributed by atoms with Gasteiger partial charge in [-0.05, 0) is 38.0 Å². The van der Waals surface area contributed by atoms with Crippen LogP contribution in [0.5, 0.6) is 0 Å². The zero-order valence-electron chi connectivity index (χ0n) is 15.3. The standard InChI is InChI=1S/C19H20F2N4OS/c1-10-16(23-19(27-10)11-7-8-11)14-9-15(25(3)24(14)2)18(26)22-17-12(20)5-4-6-13(17)21/h4-6,9,11,15H,7-8H2,1-3H3,(H,22,26)/t15-/m1/s1. The second-order valence-corrected chi connectivity index (χ2v) is 8.15. The molecule has 0 unspecified atom stereocenters. The highest BCUT2D eigenvalue weighted by Gasteiger charge is 2.36. The van der Waals surface area contributed by atoms with Crippen molar-refractivity contribution >= 4 is 28.6 Å². The quantitative estimate of drug-likeness (QED) is 0.864. The van der Waals surface area contributed by atoms with Crippen molar-refractivity contribution < 1.29 is 13.6 Å². The lowest BCUT2D eigenvalue weighted by atomic mass is 10.2. The van der Waals surface area contributed by atoms with E-state index in [-0.39, 0.29) is 0 Å². The molecule has 0 spiro atoms. The van der Waals surface area contributed by atoms with Crippen LogP contribution in [0.4, 0.5) is 14.5 Å². The van der Waals surface area contributed by atoms with Crippen LogP contribution in [0.15, 0.2) is 24.3 Å². The number of benzene rings is 1. The van der Waals surface area contributed by atoms with E-state index in [0.717, 1.165) is 33.4 Å². The lowest BCUT2D eigenvalue weighted by molar-refractivity contribution is -0.121. The number of likely N-dealkylation sites (N-methyl/N-ethyl adjacent to an activating group) is 1. The maximum absolute atomic E-state index is 13.8. The Balaban J connectivity index is 1.60. The largest absolute Gasteiger partial charge is 0.319 e. The minimum absolute atomic E-state index is 0.429. The molecular weight excluding hydrogens is 370 g/mol. The van der Waals surface area contributed by atoms with Gasteiger partial charge in [0.05, 0.1) is 10.7 Å². The number of halogens is 2. The van der Waals surface area contributed by atoms with E-state index in [1.165, 1.54) is 18.9 Å². The summed E-state index contributed by atoms with van der Waals surface area (Å²) in [7, 11) is 3.60. The van der Waals surface area contributed by atoms with E-state index in [9.17, 15) is 13.6 Å². The number of carbonyl (C=O) groups is 1. The monoisotopic (exact) mass is 390 g/mol. The number of hydrazine groups is 1. The summed E-state index contributed by atoms with van der Waals surface area (Å²) in [5.41, 5.74) is 1.26. The van der Waals surface area contributed by atoms with Gasteiger partial charge in [-0.3, -0.25) is 4.79 Å². The van der Waals surface area contributed by atoms with E-state index in [1.807, 2.05) is 19.0 Å². The van der Waals surface area contributed by atoms with E-state index < -0.39 is 29.3 Å².